The van der Waals surface area contributed by atoms with E-state index in [1.54, 1.807) is 36.4 Å². The summed E-state index contributed by atoms with van der Waals surface area (Å²) in [5.74, 6) is -0.675. The number of ether oxygens (including phenoxy) is 2. The number of benzene rings is 2. The third kappa shape index (κ3) is 4.46. The normalized spacial score (nSPS) is 16.3. The summed E-state index contributed by atoms with van der Waals surface area (Å²) in [6.07, 6.45) is 4.19. The smallest absolute Gasteiger partial charge is 0.283 e. The molecule has 2 aromatic rings. The fourth-order valence-electron chi connectivity index (χ4n) is 4.17. The highest BCUT2D eigenvalue weighted by molar-refractivity contribution is 6.53. The highest BCUT2D eigenvalue weighted by atomic mass is 35.5. The van der Waals surface area contributed by atoms with Crippen LogP contribution in [0.3, 0.4) is 0 Å². The summed E-state index contributed by atoms with van der Waals surface area (Å²) in [5, 5.41) is 5.78. The van der Waals surface area contributed by atoms with Gasteiger partial charge in [-0.1, -0.05) is 30.5 Å². The first-order valence-electron chi connectivity index (χ1n) is 11.0. The van der Waals surface area contributed by atoms with Gasteiger partial charge in [0.2, 0.25) is 0 Å². The molecule has 178 valence electrons. The lowest BCUT2D eigenvalue weighted by molar-refractivity contribution is -0.120. The van der Waals surface area contributed by atoms with Crippen molar-refractivity contribution in [3.63, 3.8) is 0 Å². The van der Waals surface area contributed by atoms with Crippen molar-refractivity contribution in [3.8, 4) is 11.5 Å². The second kappa shape index (κ2) is 9.77. The number of imide groups is 1. The molecule has 2 N–H and O–H groups in total. The molecule has 0 bridgehead atoms. The van der Waals surface area contributed by atoms with E-state index in [2.05, 4.69) is 10.6 Å². The number of nitrogens with zero attached hydrogens (tertiary/aromatic N) is 1. The Labute approximate surface area is 202 Å². The fourth-order valence-corrected chi connectivity index (χ4v) is 4.38. The van der Waals surface area contributed by atoms with Crippen molar-refractivity contribution in [2.24, 2.45) is 0 Å². The number of halogens is 1. The molecule has 34 heavy (non-hydrogen) atoms. The number of rotatable bonds is 7. The summed E-state index contributed by atoms with van der Waals surface area (Å²) in [7, 11) is 2.94. The van der Waals surface area contributed by atoms with Gasteiger partial charge >= 0.3 is 0 Å². The Kier molecular flexibility index (Phi) is 6.79. The predicted molar refractivity (Wildman–Crippen MR) is 129 cm³/mol. The second-order valence-electron chi connectivity index (χ2n) is 8.28. The van der Waals surface area contributed by atoms with Gasteiger partial charge in [0.25, 0.3) is 17.7 Å². The summed E-state index contributed by atoms with van der Waals surface area (Å²) in [4.78, 5) is 39.8. The van der Waals surface area contributed by atoms with E-state index in [1.807, 2.05) is 6.92 Å². The number of nitrogens with one attached hydrogen (secondary N) is 2. The first kappa shape index (κ1) is 23.6. The summed E-state index contributed by atoms with van der Waals surface area (Å²) in [6.45, 7) is 1.83. The number of carbonyl (C=O) groups excluding carboxylic acids is 3. The zero-order valence-corrected chi connectivity index (χ0v) is 20.0. The molecule has 1 fully saturated rings. The molecule has 0 saturated heterocycles. The van der Waals surface area contributed by atoms with Crippen LogP contribution < -0.4 is 25.0 Å². The topological polar surface area (TPSA) is 97.0 Å². The van der Waals surface area contributed by atoms with E-state index in [9.17, 15) is 14.4 Å². The Morgan fingerprint density at radius 3 is 2.44 bits per heavy atom. The molecule has 2 aromatic carbocycles. The predicted octanol–water partition coefficient (Wildman–Crippen LogP) is 4.12. The van der Waals surface area contributed by atoms with E-state index in [0.29, 0.717) is 17.0 Å². The summed E-state index contributed by atoms with van der Waals surface area (Å²) in [5.41, 5.74) is 1.94. The molecule has 0 atom stereocenters. The number of amides is 3. The molecule has 9 heteroatoms. The van der Waals surface area contributed by atoms with Crippen molar-refractivity contribution < 1.29 is 23.9 Å². The lowest BCUT2D eigenvalue weighted by atomic mass is 10.1. The number of methoxy groups -OCH3 is 2. The third-order valence-corrected chi connectivity index (χ3v) is 6.46. The van der Waals surface area contributed by atoms with E-state index >= 15 is 0 Å². The van der Waals surface area contributed by atoms with Crippen LogP contribution in [0.2, 0.25) is 0 Å². The molecule has 0 spiro atoms. The van der Waals surface area contributed by atoms with Crippen molar-refractivity contribution in [3.05, 3.63) is 58.3 Å². The molecular weight excluding hydrogens is 458 g/mol. The Balaban J connectivity index is 1.59. The van der Waals surface area contributed by atoms with Crippen molar-refractivity contribution in [1.29, 1.82) is 0 Å². The number of aryl methyl sites for hydroxylation is 1. The van der Waals surface area contributed by atoms with Crippen LogP contribution >= 0.6 is 11.6 Å². The van der Waals surface area contributed by atoms with Crippen molar-refractivity contribution in [2.45, 2.75) is 38.6 Å². The largest absolute Gasteiger partial charge is 0.497 e. The zero-order chi connectivity index (χ0) is 24.4. The molecule has 2 aliphatic rings. The van der Waals surface area contributed by atoms with Gasteiger partial charge in [-0.3, -0.25) is 14.4 Å². The quantitative estimate of drug-likeness (QED) is 0.575. The minimum Gasteiger partial charge on any atom is -0.497 e. The van der Waals surface area contributed by atoms with Crippen LogP contribution in [0, 0.1) is 6.92 Å². The molecule has 1 saturated carbocycles. The summed E-state index contributed by atoms with van der Waals surface area (Å²) in [6, 6.07) is 10.1. The van der Waals surface area contributed by atoms with E-state index < -0.39 is 11.8 Å². The molecule has 1 aliphatic carbocycles. The molecule has 1 heterocycles. The third-order valence-electron chi connectivity index (χ3n) is 6.10. The Morgan fingerprint density at radius 2 is 1.76 bits per heavy atom. The highest BCUT2D eigenvalue weighted by Gasteiger charge is 2.40. The van der Waals surface area contributed by atoms with Crippen LogP contribution in [0.25, 0.3) is 0 Å². The molecule has 4 rings (SSSR count). The van der Waals surface area contributed by atoms with Crippen LogP contribution in [0.4, 0.5) is 11.4 Å². The second-order valence-corrected chi connectivity index (χ2v) is 8.66. The van der Waals surface area contributed by atoms with Crippen LogP contribution in [0.5, 0.6) is 11.5 Å². The summed E-state index contributed by atoms with van der Waals surface area (Å²) >= 11 is 6.30. The molecular formula is C25H26ClN3O5. The molecule has 0 radical (unpaired) electrons. The maximum absolute atomic E-state index is 13.2. The molecule has 3 amide bonds. The Bertz CT molecular complexity index is 1190. The lowest BCUT2D eigenvalue weighted by Gasteiger charge is -2.19. The number of hydrogen-bond acceptors (Lipinski definition) is 6. The lowest BCUT2D eigenvalue weighted by Crippen LogP contribution is -2.33. The first-order valence-corrected chi connectivity index (χ1v) is 11.4. The number of anilines is 2. The zero-order valence-electron chi connectivity index (χ0n) is 19.2. The van der Waals surface area contributed by atoms with Crippen molar-refractivity contribution >= 4 is 40.7 Å². The average molecular weight is 484 g/mol. The Hall–Kier alpha value is -3.52. The molecule has 1 aliphatic heterocycles. The van der Waals surface area contributed by atoms with E-state index in [0.717, 1.165) is 36.1 Å². The fraction of sp³-hybridized carbons (Fsp3) is 0.320. The van der Waals surface area contributed by atoms with Gasteiger partial charge in [0.05, 0.1) is 19.9 Å². The maximum Gasteiger partial charge on any atom is 0.283 e. The summed E-state index contributed by atoms with van der Waals surface area (Å²) < 4.78 is 10.5. The minimum absolute atomic E-state index is 0.0685. The van der Waals surface area contributed by atoms with E-state index in [4.69, 9.17) is 21.1 Å². The van der Waals surface area contributed by atoms with Gasteiger partial charge in [0.15, 0.2) is 0 Å². The van der Waals surface area contributed by atoms with Crippen LogP contribution in [0.15, 0.2) is 47.1 Å². The van der Waals surface area contributed by atoms with Gasteiger partial charge in [0.1, 0.15) is 22.2 Å². The van der Waals surface area contributed by atoms with Crippen LogP contribution in [0.1, 0.15) is 41.6 Å². The van der Waals surface area contributed by atoms with Crippen LogP contribution in [-0.4, -0.2) is 38.0 Å². The Morgan fingerprint density at radius 1 is 1.03 bits per heavy atom. The standard InChI is InChI=1S/C25H26ClN3O5/c1-14-8-9-15(23(30)27-16-6-4-5-7-16)12-18(14)28-22-21(26)24(31)29(25(22)32)19-11-10-17(33-2)13-20(19)34-3/h8-13,16,28H,4-7H2,1-3H3,(H,27,30). The average Bonchev–Trinajstić information content (AvgIpc) is 3.42. The van der Waals surface area contributed by atoms with Gasteiger partial charge in [-0.15, -0.1) is 0 Å². The SMILES string of the molecule is COc1ccc(N2C(=O)C(Cl)=C(Nc3cc(C(=O)NC4CCCC4)ccc3C)C2=O)c(OC)c1. The molecule has 0 aromatic heterocycles. The highest BCUT2D eigenvalue weighted by Crippen LogP contribution is 2.38. The van der Waals surface area contributed by atoms with Gasteiger partial charge in [-0.25, -0.2) is 4.90 Å². The van der Waals surface area contributed by atoms with E-state index in [-0.39, 0.29) is 34.1 Å². The van der Waals surface area contributed by atoms with Gasteiger partial charge in [-0.2, -0.15) is 0 Å². The van der Waals surface area contributed by atoms with Crippen LogP contribution in [-0.2, 0) is 9.59 Å². The number of carbonyl (C=O) groups is 3. The first-order chi connectivity index (χ1) is 16.3. The van der Waals surface area contributed by atoms with Gasteiger partial charge in [0, 0.05) is 23.4 Å². The van der Waals surface area contributed by atoms with Gasteiger partial charge < -0.3 is 20.1 Å². The molecule has 0 unspecified atom stereocenters. The van der Waals surface area contributed by atoms with Crippen molar-refractivity contribution in [1.82, 2.24) is 5.32 Å². The molecule has 8 nitrogen and oxygen atoms in total. The van der Waals surface area contributed by atoms with E-state index in [1.165, 1.54) is 14.2 Å². The minimum atomic E-state index is -0.676. The number of hydrogen-bond donors (Lipinski definition) is 2. The monoisotopic (exact) mass is 483 g/mol. The maximum atomic E-state index is 13.2. The van der Waals surface area contributed by atoms with Crippen molar-refractivity contribution in [2.75, 3.05) is 24.4 Å². The van der Waals surface area contributed by atoms with Gasteiger partial charge in [-0.05, 0) is 49.6 Å².